The summed E-state index contributed by atoms with van der Waals surface area (Å²) in [7, 11) is -4.24. The third kappa shape index (κ3) is 6.45. The molecule has 1 saturated heterocycles. The number of benzene rings is 1. The van der Waals surface area contributed by atoms with Gasteiger partial charge in [-0.05, 0) is 68.9 Å². The maximum absolute atomic E-state index is 13.6. The van der Waals surface area contributed by atoms with Crippen molar-refractivity contribution < 1.29 is 13.2 Å². The number of hydrogen-bond acceptors (Lipinski definition) is 7. The molecule has 2 N–H and O–H groups in total. The molecule has 4 bridgehead atoms. The molecule has 0 radical (unpaired) electrons. The first-order valence-corrected chi connectivity index (χ1v) is 15.6. The van der Waals surface area contributed by atoms with Crippen LogP contribution >= 0.6 is 0 Å². The molecule has 2 aliphatic rings. The third-order valence-electron chi connectivity index (χ3n) is 7.87. The SMILES string of the molecule is CC(C)(C)c1ccc2c(n1)N1C[C@@H](CCC(/C=C/c3ccccc3)Nc3cccc(n3)S(=O)(=O)NC2=O)CC1(C)C. The zero-order chi connectivity index (χ0) is 29.4. The van der Waals surface area contributed by atoms with Crippen molar-refractivity contribution >= 4 is 33.6 Å². The van der Waals surface area contributed by atoms with Gasteiger partial charge in [-0.3, -0.25) is 4.79 Å². The Kier molecular flexibility index (Phi) is 7.68. The first-order valence-electron chi connectivity index (χ1n) is 14.1. The molecule has 1 unspecified atom stereocenters. The van der Waals surface area contributed by atoms with Gasteiger partial charge in [-0.25, -0.2) is 14.7 Å². The van der Waals surface area contributed by atoms with Gasteiger partial charge in [-0.1, -0.05) is 69.3 Å². The van der Waals surface area contributed by atoms with Gasteiger partial charge >= 0.3 is 0 Å². The summed E-state index contributed by atoms with van der Waals surface area (Å²) in [6, 6.07) is 18.3. The van der Waals surface area contributed by atoms with Crippen LogP contribution in [0.15, 0.2) is 71.8 Å². The van der Waals surface area contributed by atoms with E-state index in [4.69, 9.17) is 4.98 Å². The van der Waals surface area contributed by atoms with Gasteiger partial charge in [0, 0.05) is 29.2 Å². The van der Waals surface area contributed by atoms with Crippen LogP contribution in [0.2, 0.25) is 0 Å². The van der Waals surface area contributed by atoms with Crippen molar-refractivity contribution in [1.29, 1.82) is 0 Å². The number of rotatable bonds is 2. The lowest BCUT2D eigenvalue weighted by Gasteiger charge is -2.34. The van der Waals surface area contributed by atoms with Crippen molar-refractivity contribution in [3.8, 4) is 0 Å². The summed E-state index contributed by atoms with van der Waals surface area (Å²) in [5, 5.41) is 3.20. The molecule has 1 fully saturated rings. The molecule has 4 heterocycles. The Morgan fingerprint density at radius 3 is 2.46 bits per heavy atom. The molecule has 0 saturated carbocycles. The standard InChI is InChI=1S/C32H39N5O3S/c1-31(2,3)26-19-18-25-29(34-26)37-21-23(20-32(37,4)5)15-17-24(16-14-22-10-7-6-8-11-22)33-27-12-9-13-28(35-27)41(39,40)36-30(25)38/h6-14,16,18-19,23-24H,15,17,20-21H2,1-5H3,(H,33,35)(H,36,38)/b16-14+/t23-,24?/m0/s1. The average molecular weight is 574 g/mol. The van der Waals surface area contributed by atoms with E-state index in [1.807, 2.05) is 36.4 Å². The van der Waals surface area contributed by atoms with Gasteiger partial charge in [0.1, 0.15) is 11.6 Å². The molecular formula is C32H39N5O3S. The van der Waals surface area contributed by atoms with E-state index in [2.05, 4.69) is 66.7 Å². The molecule has 1 aromatic carbocycles. The summed E-state index contributed by atoms with van der Waals surface area (Å²) >= 11 is 0. The van der Waals surface area contributed by atoms with Crippen LogP contribution in [0, 0.1) is 5.92 Å². The molecule has 41 heavy (non-hydrogen) atoms. The molecule has 1 amide bonds. The number of nitrogens with zero attached hydrogens (tertiary/aromatic N) is 3. The lowest BCUT2D eigenvalue weighted by molar-refractivity contribution is 0.0981. The number of hydrogen-bond donors (Lipinski definition) is 2. The molecular weight excluding hydrogens is 534 g/mol. The summed E-state index contributed by atoms with van der Waals surface area (Å²) in [5.41, 5.74) is 1.65. The number of carbonyl (C=O) groups excluding carboxylic acids is 1. The fraction of sp³-hybridized carbons (Fsp3) is 0.406. The maximum Gasteiger partial charge on any atom is 0.281 e. The van der Waals surface area contributed by atoms with E-state index in [-0.39, 0.29) is 27.6 Å². The van der Waals surface area contributed by atoms with E-state index in [9.17, 15) is 13.2 Å². The summed E-state index contributed by atoms with van der Waals surface area (Å²) in [5.74, 6) is 0.602. The number of aromatic nitrogens is 2. The quantitative estimate of drug-likeness (QED) is 0.400. The van der Waals surface area contributed by atoms with E-state index in [0.717, 1.165) is 37.1 Å². The van der Waals surface area contributed by atoms with Gasteiger partial charge in [0.2, 0.25) is 0 Å². The molecule has 2 aliphatic heterocycles. The van der Waals surface area contributed by atoms with Gasteiger partial charge in [-0.15, -0.1) is 0 Å². The summed E-state index contributed by atoms with van der Waals surface area (Å²) < 4.78 is 29.0. The monoisotopic (exact) mass is 573 g/mol. The molecule has 0 aliphatic carbocycles. The van der Waals surface area contributed by atoms with Gasteiger partial charge in [0.25, 0.3) is 15.9 Å². The normalized spacial score (nSPS) is 22.3. The fourth-order valence-electron chi connectivity index (χ4n) is 5.69. The molecule has 9 heteroatoms. The largest absolute Gasteiger partial charge is 0.364 e. The highest BCUT2D eigenvalue weighted by Gasteiger charge is 2.41. The number of sulfonamides is 1. The Hall–Kier alpha value is -3.72. The van der Waals surface area contributed by atoms with Crippen molar-refractivity contribution in [3.05, 3.63) is 83.6 Å². The lowest BCUT2D eigenvalue weighted by Crippen LogP contribution is -2.41. The van der Waals surface area contributed by atoms with Crippen LogP contribution in [0.3, 0.4) is 0 Å². The van der Waals surface area contributed by atoms with Gasteiger partial charge in [0.15, 0.2) is 5.03 Å². The predicted octanol–water partition coefficient (Wildman–Crippen LogP) is 5.79. The van der Waals surface area contributed by atoms with Gasteiger partial charge in [0.05, 0.1) is 5.56 Å². The molecule has 8 nitrogen and oxygen atoms in total. The second kappa shape index (κ2) is 10.9. The van der Waals surface area contributed by atoms with Crippen LogP contribution < -0.4 is 14.9 Å². The maximum atomic E-state index is 13.6. The minimum atomic E-state index is -4.24. The highest BCUT2D eigenvalue weighted by molar-refractivity contribution is 7.90. The van der Waals surface area contributed by atoms with E-state index >= 15 is 0 Å². The Morgan fingerprint density at radius 2 is 1.73 bits per heavy atom. The molecule has 0 spiro atoms. The van der Waals surface area contributed by atoms with Crippen LogP contribution in [-0.4, -0.2) is 42.4 Å². The Balaban J connectivity index is 1.58. The first kappa shape index (κ1) is 28.8. The van der Waals surface area contributed by atoms with Crippen molar-refractivity contribution in [2.24, 2.45) is 5.92 Å². The van der Waals surface area contributed by atoms with E-state index in [1.165, 1.54) is 6.07 Å². The van der Waals surface area contributed by atoms with E-state index in [0.29, 0.717) is 17.6 Å². The zero-order valence-corrected chi connectivity index (χ0v) is 25.2. The molecule has 2 aromatic heterocycles. The van der Waals surface area contributed by atoms with Crippen LogP contribution in [0.5, 0.6) is 0 Å². The minimum Gasteiger partial charge on any atom is -0.364 e. The molecule has 2 atom stereocenters. The van der Waals surface area contributed by atoms with E-state index in [1.54, 1.807) is 18.2 Å². The second-order valence-corrected chi connectivity index (χ2v) is 14.3. The van der Waals surface area contributed by atoms with Gasteiger partial charge in [-0.2, -0.15) is 8.42 Å². The predicted molar refractivity (Wildman–Crippen MR) is 163 cm³/mol. The first-order chi connectivity index (χ1) is 19.3. The molecule has 5 rings (SSSR count). The zero-order valence-electron chi connectivity index (χ0n) is 24.4. The number of nitrogens with one attached hydrogen (secondary N) is 2. The Morgan fingerprint density at radius 1 is 0.976 bits per heavy atom. The highest BCUT2D eigenvalue weighted by atomic mass is 32.2. The fourth-order valence-corrected chi connectivity index (χ4v) is 6.62. The van der Waals surface area contributed by atoms with Crippen LogP contribution in [0.4, 0.5) is 11.6 Å². The minimum absolute atomic E-state index is 0.0737. The van der Waals surface area contributed by atoms with Crippen molar-refractivity contribution in [2.45, 2.75) is 75.9 Å². The topological polar surface area (TPSA) is 104 Å². The van der Waals surface area contributed by atoms with Gasteiger partial charge < -0.3 is 10.2 Å². The second-order valence-electron chi connectivity index (χ2n) is 12.7. The summed E-state index contributed by atoms with van der Waals surface area (Å²) in [6.07, 6.45) is 6.88. The number of anilines is 2. The average Bonchev–Trinajstić information content (AvgIpc) is 3.23. The number of fused-ring (bicyclic) bond motifs is 6. The Bertz CT molecular complexity index is 1560. The third-order valence-corrected chi connectivity index (χ3v) is 9.10. The van der Waals surface area contributed by atoms with Crippen molar-refractivity contribution in [1.82, 2.24) is 14.7 Å². The summed E-state index contributed by atoms with van der Waals surface area (Å²) in [6.45, 7) is 11.3. The van der Waals surface area contributed by atoms with E-state index < -0.39 is 15.9 Å². The van der Waals surface area contributed by atoms with Crippen LogP contribution in [-0.2, 0) is 15.4 Å². The number of pyridine rings is 2. The number of carbonyl (C=O) groups is 1. The van der Waals surface area contributed by atoms with Crippen LogP contribution in [0.1, 0.15) is 75.5 Å². The van der Waals surface area contributed by atoms with Crippen molar-refractivity contribution in [3.63, 3.8) is 0 Å². The lowest BCUT2D eigenvalue weighted by atomic mass is 9.90. The number of amides is 1. The summed E-state index contributed by atoms with van der Waals surface area (Å²) in [4.78, 5) is 25.1. The smallest absolute Gasteiger partial charge is 0.281 e. The Labute approximate surface area is 243 Å². The van der Waals surface area contributed by atoms with Crippen LogP contribution in [0.25, 0.3) is 6.08 Å². The molecule has 216 valence electrons. The highest BCUT2D eigenvalue weighted by Crippen LogP contribution is 2.40. The molecule has 3 aromatic rings. The van der Waals surface area contributed by atoms with Crippen molar-refractivity contribution in [2.75, 3.05) is 16.8 Å².